The fourth-order valence-electron chi connectivity index (χ4n) is 5.65. The quantitative estimate of drug-likeness (QED) is 0.594. The molecule has 4 bridgehead atoms. The molecule has 6 atom stereocenters. The summed E-state index contributed by atoms with van der Waals surface area (Å²) in [5.41, 5.74) is 3.65. The van der Waals surface area contributed by atoms with Crippen molar-refractivity contribution in [2.75, 3.05) is 0 Å². The molecular formula is C18H20OS. The second kappa shape index (κ2) is 4.07. The maximum Gasteiger partial charge on any atom is 0.0567 e. The molecule has 0 radical (unpaired) electrons. The van der Waals surface area contributed by atoms with E-state index in [2.05, 4.69) is 0 Å². The van der Waals surface area contributed by atoms with Gasteiger partial charge in [0.15, 0.2) is 0 Å². The van der Waals surface area contributed by atoms with Crippen LogP contribution in [0.1, 0.15) is 32.1 Å². The Balaban J connectivity index is 1.49. The predicted molar refractivity (Wildman–Crippen MR) is 80.7 cm³/mol. The lowest BCUT2D eigenvalue weighted by atomic mass is 9.82. The van der Waals surface area contributed by atoms with Crippen LogP contribution in [-0.4, -0.2) is 9.46 Å². The zero-order valence-electron chi connectivity index (χ0n) is 11.6. The molecule has 1 aromatic rings. The van der Waals surface area contributed by atoms with Gasteiger partial charge >= 0.3 is 0 Å². The van der Waals surface area contributed by atoms with Crippen molar-refractivity contribution in [3.8, 4) is 0 Å². The average molecular weight is 284 g/mol. The van der Waals surface area contributed by atoms with E-state index in [-0.39, 0.29) is 0 Å². The SMILES string of the molecule is O=S(c1ccccc1)C1CC2CC1C1=C2C2CCC1C2. The smallest absolute Gasteiger partial charge is 0.0567 e. The van der Waals surface area contributed by atoms with Gasteiger partial charge in [-0.1, -0.05) is 29.3 Å². The van der Waals surface area contributed by atoms with Gasteiger partial charge in [0, 0.05) is 10.1 Å². The van der Waals surface area contributed by atoms with Gasteiger partial charge in [-0.25, -0.2) is 0 Å². The van der Waals surface area contributed by atoms with Crippen LogP contribution in [0.2, 0.25) is 0 Å². The lowest BCUT2D eigenvalue weighted by Gasteiger charge is -2.29. The van der Waals surface area contributed by atoms with E-state index in [0.29, 0.717) is 11.2 Å². The first-order valence-corrected chi connectivity index (χ1v) is 9.23. The average Bonchev–Trinajstić information content (AvgIpc) is 3.24. The molecular weight excluding hydrogens is 264 g/mol. The summed E-state index contributed by atoms with van der Waals surface area (Å²) in [4.78, 5) is 1.04. The monoisotopic (exact) mass is 284 g/mol. The van der Waals surface area contributed by atoms with Crippen LogP contribution in [0.4, 0.5) is 0 Å². The van der Waals surface area contributed by atoms with E-state index in [1.807, 2.05) is 35.9 Å². The summed E-state index contributed by atoms with van der Waals surface area (Å²) in [6.45, 7) is 0. The van der Waals surface area contributed by atoms with E-state index >= 15 is 0 Å². The van der Waals surface area contributed by atoms with Crippen molar-refractivity contribution in [3.05, 3.63) is 41.5 Å². The standard InChI is InChI=1S/C18H20OS/c19-20(14-4-2-1-3-5-14)16-10-13-9-15(16)18-12-7-6-11(8-12)17(13)18/h1-5,11-13,15-16H,6-10H2. The molecule has 4 aliphatic carbocycles. The molecule has 0 aromatic heterocycles. The van der Waals surface area contributed by atoms with Crippen molar-refractivity contribution < 1.29 is 4.21 Å². The second-order valence-electron chi connectivity index (χ2n) is 7.04. The van der Waals surface area contributed by atoms with Gasteiger partial charge in [-0.3, -0.25) is 4.21 Å². The van der Waals surface area contributed by atoms with Crippen LogP contribution in [0.3, 0.4) is 0 Å². The lowest BCUT2D eigenvalue weighted by Crippen LogP contribution is -2.27. The molecule has 104 valence electrons. The first kappa shape index (κ1) is 11.7. The first-order valence-electron chi connectivity index (χ1n) is 8.02. The number of benzene rings is 1. The molecule has 0 spiro atoms. The van der Waals surface area contributed by atoms with Crippen molar-refractivity contribution in [3.63, 3.8) is 0 Å². The number of fused-ring (bicyclic) bond motifs is 8. The third kappa shape index (κ3) is 1.41. The Bertz CT molecular complexity index is 618. The summed E-state index contributed by atoms with van der Waals surface area (Å²) < 4.78 is 12.9. The molecule has 4 aliphatic rings. The fourth-order valence-corrected chi connectivity index (χ4v) is 7.39. The minimum absolute atomic E-state index is 0.403. The highest BCUT2D eigenvalue weighted by Crippen LogP contribution is 2.64. The van der Waals surface area contributed by atoms with Gasteiger partial charge < -0.3 is 0 Å². The molecule has 5 rings (SSSR count). The van der Waals surface area contributed by atoms with E-state index in [1.165, 1.54) is 32.1 Å². The molecule has 20 heavy (non-hydrogen) atoms. The Labute approximate surface area is 122 Å². The maximum absolute atomic E-state index is 12.9. The molecule has 2 heteroatoms. The lowest BCUT2D eigenvalue weighted by molar-refractivity contribution is 0.529. The number of allylic oxidation sites excluding steroid dienone is 2. The first-order chi connectivity index (χ1) is 9.83. The highest BCUT2D eigenvalue weighted by molar-refractivity contribution is 7.85. The Kier molecular flexibility index (Phi) is 2.39. The van der Waals surface area contributed by atoms with Crippen LogP contribution in [-0.2, 0) is 10.8 Å². The van der Waals surface area contributed by atoms with Gasteiger partial charge in [0.25, 0.3) is 0 Å². The highest BCUT2D eigenvalue weighted by atomic mass is 32.2. The predicted octanol–water partition coefficient (Wildman–Crippen LogP) is 3.93. The van der Waals surface area contributed by atoms with E-state index in [4.69, 9.17) is 0 Å². The van der Waals surface area contributed by atoms with E-state index in [1.54, 1.807) is 5.57 Å². The molecule has 1 nitrogen and oxygen atoms in total. The van der Waals surface area contributed by atoms with Gasteiger partial charge in [0.2, 0.25) is 0 Å². The normalized spacial score (nSPS) is 42.3. The minimum atomic E-state index is -0.804. The van der Waals surface area contributed by atoms with Crippen LogP contribution >= 0.6 is 0 Å². The van der Waals surface area contributed by atoms with Gasteiger partial charge in [-0.2, -0.15) is 0 Å². The third-order valence-electron chi connectivity index (χ3n) is 6.24. The molecule has 0 heterocycles. The fraction of sp³-hybridized carbons (Fsp3) is 0.556. The molecule has 0 saturated heterocycles. The molecule has 2 fully saturated rings. The van der Waals surface area contributed by atoms with Crippen molar-refractivity contribution in [1.82, 2.24) is 0 Å². The van der Waals surface area contributed by atoms with E-state index < -0.39 is 10.8 Å². The summed E-state index contributed by atoms with van der Waals surface area (Å²) in [7, 11) is -0.804. The van der Waals surface area contributed by atoms with E-state index in [0.717, 1.165) is 22.6 Å². The van der Waals surface area contributed by atoms with Crippen LogP contribution in [0.5, 0.6) is 0 Å². The van der Waals surface area contributed by atoms with Crippen LogP contribution in [0, 0.1) is 23.7 Å². The van der Waals surface area contributed by atoms with Gasteiger partial charge in [0.05, 0.1) is 10.8 Å². The number of hydrogen-bond donors (Lipinski definition) is 0. The summed E-state index contributed by atoms with van der Waals surface area (Å²) in [6.07, 6.45) is 6.80. The maximum atomic E-state index is 12.9. The molecule has 0 amide bonds. The molecule has 6 unspecified atom stereocenters. The summed E-state index contributed by atoms with van der Waals surface area (Å²) in [5, 5.41) is 0.403. The zero-order chi connectivity index (χ0) is 13.3. The number of rotatable bonds is 2. The summed E-state index contributed by atoms with van der Waals surface area (Å²) in [6, 6.07) is 10.1. The largest absolute Gasteiger partial charge is 0.254 e. The zero-order valence-corrected chi connectivity index (χ0v) is 12.4. The highest BCUT2D eigenvalue weighted by Gasteiger charge is 2.55. The summed E-state index contributed by atoms with van der Waals surface area (Å²) in [5.74, 6) is 3.26. The van der Waals surface area contributed by atoms with Crippen molar-refractivity contribution in [1.29, 1.82) is 0 Å². The van der Waals surface area contributed by atoms with Crippen molar-refractivity contribution >= 4 is 10.8 Å². The van der Waals surface area contributed by atoms with E-state index in [9.17, 15) is 4.21 Å². The van der Waals surface area contributed by atoms with Gasteiger partial charge in [-0.15, -0.1) is 0 Å². The van der Waals surface area contributed by atoms with Crippen LogP contribution < -0.4 is 0 Å². The molecule has 0 aliphatic heterocycles. The second-order valence-corrected chi connectivity index (χ2v) is 8.71. The topological polar surface area (TPSA) is 17.1 Å². The molecule has 1 aromatic carbocycles. The minimum Gasteiger partial charge on any atom is -0.254 e. The Morgan fingerprint density at radius 2 is 1.60 bits per heavy atom. The number of hydrogen-bond acceptors (Lipinski definition) is 1. The van der Waals surface area contributed by atoms with Crippen molar-refractivity contribution in [2.45, 2.75) is 42.2 Å². The van der Waals surface area contributed by atoms with Crippen molar-refractivity contribution in [2.24, 2.45) is 23.7 Å². The Hall–Kier alpha value is -0.890. The van der Waals surface area contributed by atoms with Crippen LogP contribution in [0.25, 0.3) is 0 Å². The summed E-state index contributed by atoms with van der Waals surface area (Å²) >= 11 is 0. The van der Waals surface area contributed by atoms with Gasteiger partial charge in [0.1, 0.15) is 0 Å². The molecule has 0 N–H and O–H groups in total. The van der Waals surface area contributed by atoms with Crippen LogP contribution in [0.15, 0.2) is 46.4 Å². The Morgan fingerprint density at radius 3 is 2.40 bits per heavy atom. The third-order valence-corrected chi connectivity index (χ3v) is 8.05. The Morgan fingerprint density at radius 1 is 0.850 bits per heavy atom. The molecule has 2 saturated carbocycles. The van der Waals surface area contributed by atoms with Gasteiger partial charge in [-0.05, 0) is 67.9 Å².